The fourth-order valence-corrected chi connectivity index (χ4v) is 2.46. The molecule has 0 heterocycles. The van der Waals surface area contributed by atoms with Crippen molar-refractivity contribution in [2.24, 2.45) is 0 Å². The highest BCUT2D eigenvalue weighted by molar-refractivity contribution is 6.09. The number of carboxylic acids is 1. The average Bonchev–Trinajstić information content (AvgIpc) is 2.62. The molecule has 2 aromatic rings. The second kappa shape index (κ2) is 9.47. The predicted octanol–water partition coefficient (Wildman–Crippen LogP) is 4.60. The summed E-state index contributed by atoms with van der Waals surface area (Å²) in [5, 5.41) is 11.9. The molecule has 0 saturated heterocycles. The number of carbonyl (C=O) groups excluding carboxylic acids is 1. The molecule has 2 rings (SSSR count). The van der Waals surface area contributed by atoms with Crippen molar-refractivity contribution in [3.63, 3.8) is 0 Å². The summed E-state index contributed by atoms with van der Waals surface area (Å²) in [6, 6.07) is 13.3. The van der Waals surface area contributed by atoms with Crippen molar-refractivity contribution in [3.05, 3.63) is 59.7 Å². The second-order valence-corrected chi connectivity index (χ2v) is 5.71. The summed E-state index contributed by atoms with van der Waals surface area (Å²) in [7, 11) is 0. The molecular weight excluding hydrogens is 318 g/mol. The van der Waals surface area contributed by atoms with Crippen LogP contribution < -0.4 is 10.1 Å². The van der Waals surface area contributed by atoms with Gasteiger partial charge in [-0.15, -0.1) is 0 Å². The van der Waals surface area contributed by atoms with Gasteiger partial charge in [0, 0.05) is 0 Å². The van der Waals surface area contributed by atoms with E-state index in [0.717, 1.165) is 25.7 Å². The monoisotopic (exact) mass is 341 g/mol. The van der Waals surface area contributed by atoms with Gasteiger partial charge in [-0.2, -0.15) is 0 Å². The van der Waals surface area contributed by atoms with Gasteiger partial charge in [0.05, 0.1) is 23.4 Å². The number of benzene rings is 2. The number of anilines is 1. The summed E-state index contributed by atoms with van der Waals surface area (Å²) in [5.41, 5.74) is 0.699. The molecule has 25 heavy (non-hydrogen) atoms. The van der Waals surface area contributed by atoms with E-state index >= 15 is 0 Å². The van der Waals surface area contributed by atoms with E-state index in [1.807, 2.05) is 6.07 Å². The third-order valence-electron chi connectivity index (χ3n) is 3.79. The van der Waals surface area contributed by atoms with Crippen LogP contribution in [-0.4, -0.2) is 23.6 Å². The fraction of sp³-hybridized carbons (Fsp3) is 0.300. The molecule has 0 fully saturated rings. The number of hydrogen-bond donors (Lipinski definition) is 2. The van der Waals surface area contributed by atoms with Crippen LogP contribution in [0.1, 0.15) is 53.3 Å². The highest BCUT2D eigenvalue weighted by atomic mass is 16.5. The molecule has 1 amide bonds. The number of ether oxygens (including phenoxy) is 1. The van der Waals surface area contributed by atoms with Crippen LogP contribution in [0.2, 0.25) is 0 Å². The van der Waals surface area contributed by atoms with Crippen molar-refractivity contribution in [3.8, 4) is 5.75 Å². The third-order valence-corrected chi connectivity index (χ3v) is 3.79. The zero-order valence-electron chi connectivity index (χ0n) is 14.3. The minimum atomic E-state index is -1.09. The number of carboxylic acid groups (broad SMARTS) is 1. The zero-order chi connectivity index (χ0) is 18.1. The molecule has 2 aromatic carbocycles. The lowest BCUT2D eigenvalue weighted by Gasteiger charge is -2.12. The summed E-state index contributed by atoms with van der Waals surface area (Å²) in [6.45, 7) is 2.70. The van der Waals surface area contributed by atoms with Gasteiger partial charge < -0.3 is 15.2 Å². The van der Waals surface area contributed by atoms with E-state index in [2.05, 4.69) is 12.2 Å². The van der Waals surface area contributed by atoms with E-state index in [1.165, 1.54) is 6.07 Å². The van der Waals surface area contributed by atoms with Gasteiger partial charge in [-0.05, 0) is 30.7 Å². The summed E-state index contributed by atoms with van der Waals surface area (Å²) in [6.07, 6.45) is 4.35. The van der Waals surface area contributed by atoms with Crippen LogP contribution in [0.3, 0.4) is 0 Å². The number of amides is 1. The third kappa shape index (κ3) is 5.35. The second-order valence-electron chi connectivity index (χ2n) is 5.71. The molecule has 0 bridgehead atoms. The first-order valence-corrected chi connectivity index (χ1v) is 8.49. The quantitative estimate of drug-likeness (QED) is 0.654. The summed E-state index contributed by atoms with van der Waals surface area (Å²) < 4.78 is 5.74. The SMILES string of the molecule is CCCCCCOc1ccccc1C(=O)Nc1ccccc1C(=O)O. The molecule has 0 unspecified atom stereocenters. The molecule has 2 N–H and O–H groups in total. The van der Waals surface area contributed by atoms with Crippen LogP contribution >= 0.6 is 0 Å². The number of rotatable bonds is 9. The highest BCUT2D eigenvalue weighted by Gasteiger charge is 2.16. The van der Waals surface area contributed by atoms with Crippen molar-refractivity contribution in [2.75, 3.05) is 11.9 Å². The minimum absolute atomic E-state index is 0.0498. The molecule has 0 aliphatic carbocycles. The van der Waals surface area contributed by atoms with Crippen molar-refractivity contribution >= 4 is 17.6 Å². The van der Waals surface area contributed by atoms with E-state index in [0.29, 0.717) is 17.9 Å². The molecule has 0 aliphatic rings. The zero-order valence-corrected chi connectivity index (χ0v) is 14.3. The standard InChI is InChI=1S/C20H23NO4/c1-2-3-4-9-14-25-18-13-8-6-11-16(18)19(22)21-17-12-7-5-10-15(17)20(23)24/h5-8,10-13H,2-4,9,14H2,1H3,(H,21,22)(H,23,24). The molecule has 0 aromatic heterocycles. The number of nitrogens with one attached hydrogen (secondary N) is 1. The Morgan fingerprint density at radius 3 is 2.36 bits per heavy atom. The van der Waals surface area contributed by atoms with Crippen LogP contribution in [0, 0.1) is 0 Å². The number of hydrogen-bond acceptors (Lipinski definition) is 3. The highest BCUT2D eigenvalue weighted by Crippen LogP contribution is 2.22. The van der Waals surface area contributed by atoms with Crippen LogP contribution in [0.25, 0.3) is 0 Å². The van der Waals surface area contributed by atoms with E-state index in [1.54, 1.807) is 36.4 Å². The first-order chi connectivity index (χ1) is 12.1. The molecule has 0 aliphatic heterocycles. The summed E-state index contributed by atoms with van der Waals surface area (Å²) in [5.74, 6) is -0.974. The first kappa shape index (κ1) is 18.5. The largest absolute Gasteiger partial charge is 0.493 e. The van der Waals surface area contributed by atoms with Gasteiger partial charge in [0.1, 0.15) is 5.75 Å². The number of unbranched alkanes of at least 4 members (excludes halogenated alkanes) is 3. The van der Waals surface area contributed by atoms with Crippen LogP contribution in [0.5, 0.6) is 5.75 Å². The normalized spacial score (nSPS) is 10.3. The topological polar surface area (TPSA) is 75.6 Å². The Balaban J connectivity index is 2.08. The number of para-hydroxylation sites is 2. The van der Waals surface area contributed by atoms with Gasteiger partial charge in [-0.25, -0.2) is 4.79 Å². The predicted molar refractivity (Wildman–Crippen MR) is 97.4 cm³/mol. The molecular formula is C20H23NO4. The molecule has 5 nitrogen and oxygen atoms in total. The Kier molecular flexibility index (Phi) is 7.01. The lowest BCUT2D eigenvalue weighted by atomic mass is 10.1. The summed E-state index contributed by atoms with van der Waals surface area (Å²) in [4.78, 5) is 23.8. The Morgan fingerprint density at radius 1 is 0.960 bits per heavy atom. The van der Waals surface area contributed by atoms with Gasteiger partial charge in [0.2, 0.25) is 0 Å². The van der Waals surface area contributed by atoms with Crippen molar-refractivity contribution in [1.29, 1.82) is 0 Å². The Labute approximate surface area is 147 Å². The lowest BCUT2D eigenvalue weighted by Crippen LogP contribution is -2.16. The maximum absolute atomic E-state index is 12.6. The van der Waals surface area contributed by atoms with Crippen LogP contribution in [0.15, 0.2) is 48.5 Å². The Hall–Kier alpha value is -2.82. The Morgan fingerprint density at radius 2 is 1.64 bits per heavy atom. The smallest absolute Gasteiger partial charge is 0.337 e. The molecule has 132 valence electrons. The van der Waals surface area contributed by atoms with Crippen LogP contribution in [0.4, 0.5) is 5.69 Å². The molecule has 5 heteroatoms. The van der Waals surface area contributed by atoms with Crippen molar-refractivity contribution < 1.29 is 19.4 Å². The van der Waals surface area contributed by atoms with Gasteiger partial charge in [0.25, 0.3) is 5.91 Å². The summed E-state index contributed by atoms with van der Waals surface area (Å²) >= 11 is 0. The van der Waals surface area contributed by atoms with Gasteiger partial charge >= 0.3 is 5.97 Å². The van der Waals surface area contributed by atoms with Gasteiger partial charge in [-0.1, -0.05) is 50.5 Å². The minimum Gasteiger partial charge on any atom is -0.493 e. The average molecular weight is 341 g/mol. The fourth-order valence-electron chi connectivity index (χ4n) is 2.46. The van der Waals surface area contributed by atoms with E-state index in [-0.39, 0.29) is 11.3 Å². The van der Waals surface area contributed by atoms with Crippen molar-refractivity contribution in [1.82, 2.24) is 0 Å². The molecule has 0 atom stereocenters. The Bertz CT molecular complexity index is 727. The molecule has 0 saturated carbocycles. The van der Waals surface area contributed by atoms with E-state index < -0.39 is 11.9 Å². The van der Waals surface area contributed by atoms with E-state index in [9.17, 15) is 14.7 Å². The van der Waals surface area contributed by atoms with Gasteiger partial charge in [0.15, 0.2) is 0 Å². The van der Waals surface area contributed by atoms with Gasteiger partial charge in [-0.3, -0.25) is 4.79 Å². The molecule has 0 spiro atoms. The van der Waals surface area contributed by atoms with Crippen LogP contribution in [-0.2, 0) is 0 Å². The maximum Gasteiger partial charge on any atom is 0.337 e. The number of aromatic carboxylic acids is 1. The van der Waals surface area contributed by atoms with E-state index in [4.69, 9.17) is 4.74 Å². The lowest BCUT2D eigenvalue weighted by molar-refractivity contribution is 0.0698. The van der Waals surface area contributed by atoms with Crippen molar-refractivity contribution in [2.45, 2.75) is 32.6 Å². The number of carbonyl (C=O) groups is 2. The first-order valence-electron chi connectivity index (χ1n) is 8.49. The maximum atomic E-state index is 12.6. The molecule has 0 radical (unpaired) electrons.